The maximum absolute atomic E-state index is 13.0. The zero-order chi connectivity index (χ0) is 19.9. The van der Waals surface area contributed by atoms with Crippen LogP contribution in [0.3, 0.4) is 0 Å². The molecule has 1 atom stereocenters. The van der Waals surface area contributed by atoms with Crippen molar-refractivity contribution in [3.63, 3.8) is 0 Å². The number of carbonyl (C=O) groups is 1. The summed E-state index contributed by atoms with van der Waals surface area (Å²) in [7, 11) is 1.66. The van der Waals surface area contributed by atoms with Gasteiger partial charge in [-0.2, -0.15) is 0 Å². The SMILES string of the molecule is CCCCC(CC)COC(=O)/C(C=NC)=C1/c2ccccc2-c2nccnc21. The van der Waals surface area contributed by atoms with Gasteiger partial charge < -0.3 is 4.74 Å². The van der Waals surface area contributed by atoms with Crippen LogP contribution in [0.4, 0.5) is 0 Å². The maximum Gasteiger partial charge on any atom is 0.340 e. The van der Waals surface area contributed by atoms with Crippen molar-refractivity contribution >= 4 is 17.8 Å². The number of nitrogens with zero attached hydrogens (tertiary/aromatic N) is 3. The van der Waals surface area contributed by atoms with E-state index in [-0.39, 0.29) is 5.97 Å². The Morgan fingerprint density at radius 3 is 2.54 bits per heavy atom. The first kappa shape index (κ1) is 19.9. The number of carbonyl (C=O) groups excluding carboxylic acids is 1. The highest BCUT2D eigenvalue weighted by Gasteiger charge is 2.30. The highest BCUT2D eigenvalue weighted by Crippen LogP contribution is 2.43. The normalized spacial score (nSPS) is 15.2. The number of aromatic nitrogens is 2. The van der Waals surface area contributed by atoms with Gasteiger partial charge in [-0.25, -0.2) is 4.79 Å². The second kappa shape index (κ2) is 9.40. The minimum atomic E-state index is -0.358. The first-order valence-electron chi connectivity index (χ1n) is 9.95. The molecular weight excluding hydrogens is 350 g/mol. The summed E-state index contributed by atoms with van der Waals surface area (Å²) < 4.78 is 5.71. The van der Waals surface area contributed by atoms with Gasteiger partial charge in [0, 0.05) is 36.8 Å². The van der Waals surface area contributed by atoms with E-state index in [1.54, 1.807) is 25.7 Å². The molecular formula is C23H27N3O2. The molecule has 0 aliphatic heterocycles. The lowest BCUT2D eigenvalue weighted by atomic mass is 9.99. The molecule has 0 fully saturated rings. The van der Waals surface area contributed by atoms with E-state index in [0.717, 1.165) is 48.1 Å². The Bertz CT molecular complexity index is 855. The minimum Gasteiger partial charge on any atom is -0.462 e. The molecule has 1 unspecified atom stereocenters. The Balaban J connectivity index is 1.97. The molecule has 146 valence electrons. The smallest absolute Gasteiger partial charge is 0.340 e. The van der Waals surface area contributed by atoms with Crippen LogP contribution in [0.5, 0.6) is 0 Å². The summed E-state index contributed by atoms with van der Waals surface area (Å²) in [6, 6.07) is 7.90. The van der Waals surface area contributed by atoms with E-state index < -0.39 is 0 Å². The Morgan fingerprint density at radius 2 is 1.86 bits per heavy atom. The fraction of sp³-hybridized carbons (Fsp3) is 0.391. The lowest BCUT2D eigenvalue weighted by molar-refractivity contribution is -0.139. The Hall–Kier alpha value is -2.82. The van der Waals surface area contributed by atoms with E-state index >= 15 is 0 Å². The van der Waals surface area contributed by atoms with Crippen LogP contribution < -0.4 is 0 Å². The Labute approximate surface area is 166 Å². The van der Waals surface area contributed by atoms with Crippen LogP contribution in [-0.4, -0.2) is 35.8 Å². The quantitative estimate of drug-likeness (QED) is 0.324. The molecule has 0 radical (unpaired) electrons. The molecule has 28 heavy (non-hydrogen) atoms. The third kappa shape index (κ3) is 4.03. The number of aliphatic imine (C=N–C) groups is 1. The van der Waals surface area contributed by atoms with Gasteiger partial charge in [-0.1, -0.05) is 57.4 Å². The van der Waals surface area contributed by atoms with Crippen molar-refractivity contribution in [3.8, 4) is 11.3 Å². The molecule has 0 N–H and O–H groups in total. The van der Waals surface area contributed by atoms with Crippen LogP contribution in [0.15, 0.2) is 47.2 Å². The number of benzene rings is 1. The molecule has 1 aromatic heterocycles. The summed E-state index contributed by atoms with van der Waals surface area (Å²) in [4.78, 5) is 26.1. The highest BCUT2D eigenvalue weighted by atomic mass is 16.5. The molecule has 5 nitrogen and oxygen atoms in total. The lowest BCUT2D eigenvalue weighted by Gasteiger charge is -2.15. The van der Waals surface area contributed by atoms with Crippen LogP contribution >= 0.6 is 0 Å². The molecule has 0 saturated heterocycles. The molecule has 0 bridgehead atoms. The summed E-state index contributed by atoms with van der Waals surface area (Å²) in [5, 5.41) is 0. The molecule has 0 saturated carbocycles. The first-order chi connectivity index (χ1) is 13.7. The van der Waals surface area contributed by atoms with Crippen LogP contribution in [0.25, 0.3) is 16.8 Å². The van der Waals surface area contributed by atoms with E-state index in [2.05, 4.69) is 28.8 Å². The largest absolute Gasteiger partial charge is 0.462 e. The standard InChI is InChI=1S/C23H27N3O2/c1-4-6-9-16(5-2)15-28-23(27)19(14-24-3)20-17-10-7-8-11-18(17)21-22(20)26-13-12-25-21/h7-8,10-14,16H,4-6,9,15H2,1-3H3/b20-19-,24-14?. The summed E-state index contributed by atoms with van der Waals surface area (Å²) in [5.41, 5.74) is 4.58. The average Bonchev–Trinajstić information content (AvgIpc) is 3.06. The number of unbranched alkanes of at least 4 members (excludes halogenated alkanes) is 1. The second-order valence-corrected chi connectivity index (χ2v) is 6.99. The van der Waals surface area contributed by atoms with Crippen molar-refractivity contribution in [1.82, 2.24) is 9.97 Å². The predicted molar refractivity (Wildman–Crippen MR) is 112 cm³/mol. The molecule has 2 aromatic rings. The fourth-order valence-electron chi connectivity index (χ4n) is 3.54. The Kier molecular flexibility index (Phi) is 6.69. The van der Waals surface area contributed by atoms with Crippen molar-refractivity contribution < 1.29 is 9.53 Å². The monoisotopic (exact) mass is 377 g/mol. The fourth-order valence-corrected chi connectivity index (χ4v) is 3.54. The number of fused-ring (bicyclic) bond motifs is 3. The van der Waals surface area contributed by atoms with Crippen molar-refractivity contribution in [2.24, 2.45) is 10.9 Å². The zero-order valence-corrected chi connectivity index (χ0v) is 16.8. The van der Waals surface area contributed by atoms with Gasteiger partial charge in [-0.15, -0.1) is 0 Å². The second-order valence-electron chi connectivity index (χ2n) is 6.99. The van der Waals surface area contributed by atoms with E-state index in [9.17, 15) is 4.79 Å². The predicted octanol–water partition coefficient (Wildman–Crippen LogP) is 4.72. The zero-order valence-electron chi connectivity index (χ0n) is 16.8. The van der Waals surface area contributed by atoms with Crippen molar-refractivity contribution in [3.05, 3.63) is 53.5 Å². The van der Waals surface area contributed by atoms with Gasteiger partial charge in [-0.3, -0.25) is 15.0 Å². The van der Waals surface area contributed by atoms with Crippen LogP contribution in [0.1, 0.15) is 50.8 Å². The summed E-state index contributed by atoms with van der Waals surface area (Å²) in [6.07, 6.45) is 9.26. The molecule has 3 rings (SSSR count). The first-order valence-corrected chi connectivity index (χ1v) is 9.95. The van der Waals surface area contributed by atoms with Crippen LogP contribution in [0, 0.1) is 5.92 Å². The maximum atomic E-state index is 13.0. The highest BCUT2D eigenvalue weighted by molar-refractivity contribution is 6.20. The summed E-state index contributed by atoms with van der Waals surface area (Å²) in [5.74, 6) is 0.0283. The van der Waals surface area contributed by atoms with Gasteiger partial charge in [0.2, 0.25) is 0 Å². The molecule has 1 aliphatic carbocycles. The number of esters is 1. The van der Waals surface area contributed by atoms with Crippen LogP contribution in [-0.2, 0) is 9.53 Å². The van der Waals surface area contributed by atoms with E-state index in [1.165, 1.54) is 0 Å². The summed E-state index contributed by atoms with van der Waals surface area (Å²) in [6.45, 7) is 4.74. The third-order valence-electron chi connectivity index (χ3n) is 5.13. The molecule has 1 heterocycles. The number of ether oxygens (including phenoxy) is 1. The van der Waals surface area contributed by atoms with E-state index in [0.29, 0.717) is 23.8 Å². The van der Waals surface area contributed by atoms with Crippen molar-refractivity contribution in [2.45, 2.75) is 39.5 Å². The minimum absolute atomic E-state index is 0.358. The third-order valence-corrected chi connectivity index (χ3v) is 5.13. The molecule has 1 aliphatic rings. The molecule has 0 amide bonds. The van der Waals surface area contributed by atoms with E-state index in [1.807, 2.05) is 24.3 Å². The Morgan fingerprint density at radius 1 is 1.14 bits per heavy atom. The lowest BCUT2D eigenvalue weighted by Crippen LogP contribution is -2.17. The van der Waals surface area contributed by atoms with Gasteiger partial charge in [0.25, 0.3) is 0 Å². The van der Waals surface area contributed by atoms with Gasteiger partial charge >= 0.3 is 5.97 Å². The molecule has 1 aromatic carbocycles. The summed E-state index contributed by atoms with van der Waals surface area (Å²) >= 11 is 0. The topological polar surface area (TPSA) is 64.4 Å². The molecule has 0 spiro atoms. The number of hydrogen-bond acceptors (Lipinski definition) is 5. The van der Waals surface area contributed by atoms with Gasteiger partial charge in [0.1, 0.15) is 0 Å². The van der Waals surface area contributed by atoms with Crippen LogP contribution in [0.2, 0.25) is 0 Å². The molecule has 5 heteroatoms. The number of rotatable bonds is 8. The number of hydrogen-bond donors (Lipinski definition) is 0. The van der Waals surface area contributed by atoms with Gasteiger partial charge in [0.15, 0.2) is 0 Å². The average molecular weight is 377 g/mol. The van der Waals surface area contributed by atoms with Crippen molar-refractivity contribution in [1.29, 1.82) is 0 Å². The van der Waals surface area contributed by atoms with E-state index in [4.69, 9.17) is 4.74 Å². The van der Waals surface area contributed by atoms with Gasteiger partial charge in [0.05, 0.1) is 23.6 Å². The van der Waals surface area contributed by atoms with Crippen molar-refractivity contribution in [2.75, 3.05) is 13.7 Å². The van der Waals surface area contributed by atoms with Gasteiger partial charge in [-0.05, 0) is 17.9 Å².